The highest BCUT2D eigenvalue weighted by atomic mass is 32.2. The number of oxazole rings is 1. The van der Waals surface area contributed by atoms with Crippen LogP contribution in [0.3, 0.4) is 0 Å². The molecule has 3 aromatic rings. The number of benzene rings is 2. The molecule has 0 aliphatic rings. The zero-order chi connectivity index (χ0) is 21.7. The number of carbonyl (C=O) groups excluding carboxylic acids is 2. The van der Waals surface area contributed by atoms with Crippen LogP contribution in [0.1, 0.15) is 26.3 Å². The zero-order valence-electron chi connectivity index (χ0n) is 17.4. The van der Waals surface area contributed by atoms with Gasteiger partial charge in [-0.05, 0) is 35.2 Å². The Morgan fingerprint density at radius 1 is 1.17 bits per heavy atom. The van der Waals surface area contributed by atoms with Crippen LogP contribution in [0.4, 0.5) is 5.69 Å². The van der Waals surface area contributed by atoms with E-state index in [9.17, 15) is 9.59 Å². The van der Waals surface area contributed by atoms with Gasteiger partial charge in [0, 0.05) is 0 Å². The number of nitrogens with zero attached hydrogens (tertiary/aromatic N) is 1. The minimum atomic E-state index is -0.534. The van der Waals surface area contributed by atoms with Crippen molar-refractivity contribution in [1.82, 2.24) is 4.98 Å². The molecule has 2 aromatic carbocycles. The van der Waals surface area contributed by atoms with Crippen LogP contribution < -0.4 is 10.1 Å². The number of para-hydroxylation sites is 2. The van der Waals surface area contributed by atoms with Gasteiger partial charge in [-0.1, -0.05) is 50.7 Å². The maximum Gasteiger partial charge on any atom is 0.316 e. The Bertz CT molecular complexity index is 1020. The van der Waals surface area contributed by atoms with Crippen molar-refractivity contribution >= 4 is 40.4 Å². The number of methoxy groups -OCH3 is 1. The van der Waals surface area contributed by atoms with Crippen molar-refractivity contribution in [2.45, 2.75) is 31.4 Å². The number of fused-ring (bicyclic) bond motifs is 1. The van der Waals surface area contributed by atoms with Crippen molar-refractivity contribution in [2.24, 2.45) is 0 Å². The summed E-state index contributed by atoms with van der Waals surface area (Å²) in [5.74, 6) is -0.454. The van der Waals surface area contributed by atoms with E-state index in [-0.39, 0.29) is 11.2 Å². The van der Waals surface area contributed by atoms with E-state index < -0.39 is 18.5 Å². The van der Waals surface area contributed by atoms with Crippen molar-refractivity contribution in [3.63, 3.8) is 0 Å². The van der Waals surface area contributed by atoms with Crippen LogP contribution in [-0.4, -0.2) is 36.3 Å². The molecule has 1 heterocycles. The molecule has 0 radical (unpaired) electrons. The predicted molar refractivity (Wildman–Crippen MR) is 116 cm³/mol. The summed E-state index contributed by atoms with van der Waals surface area (Å²) in [6.45, 7) is 5.85. The van der Waals surface area contributed by atoms with E-state index in [4.69, 9.17) is 13.9 Å². The minimum absolute atomic E-state index is 0.0110. The molecule has 0 aliphatic heterocycles. The van der Waals surface area contributed by atoms with Gasteiger partial charge < -0.3 is 19.2 Å². The molecule has 0 bridgehead atoms. The SMILES string of the molecule is COc1ccc(C(C)(C)C)cc1NC(=O)COC(=O)CSc1nc2ccccc2o1. The van der Waals surface area contributed by atoms with E-state index in [2.05, 4.69) is 31.1 Å². The Morgan fingerprint density at radius 3 is 2.63 bits per heavy atom. The van der Waals surface area contributed by atoms with E-state index in [0.717, 1.165) is 22.8 Å². The van der Waals surface area contributed by atoms with Crippen molar-refractivity contribution in [1.29, 1.82) is 0 Å². The molecule has 8 heteroatoms. The second kappa shape index (κ2) is 9.21. The molecule has 0 unspecified atom stereocenters. The first kappa shape index (κ1) is 21.7. The Hall–Kier alpha value is -3.00. The number of aromatic nitrogens is 1. The van der Waals surface area contributed by atoms with Crippen molar-refractivity contribution in [3.05, 3.63) is 48.0 Å². The summed E-state index contributed by atoms with van der Waals surface area (Å²) in [6.07, 6.45) is 0. The van der Waals surface area contributed by atoms with Crippen LogP contribution in [0, 0.1) is 0 Å². The molecule has 1 N–H and O–H groups in total. The first-order valence-corrected chi connectivity index (χ1v) is 10.4. The Balaban J connectivity index is 1.52. The monoisotopic (exact) mass is 428 g/mol. The Kier molecular flexibility index (Phi) is 6.66. The molecule has 3 rings (SSSR count). The van der Waals surface area contributed by atoms with Crippen molar-refractivity contribution in [3.8, 4) is 5.75 Å². The fourth-order valence-electron chi connectivity index (χ4n) is 2.68. The van der Waals surface area contributed by atoms with Crippen molar-refractivity contribution in [2.75, 3.05) is 24.8 Å². The Morgan fingerprint density at radius 2 is 1.93 bits per heavy atom. The summed E-state index contributed by atoms with van der Waals surface area (Å²) >= 11 is 1.12. The van der Waals surface area contributed by atoms with Crippen LogP contribution in [0.2, 0.25) is 0 Å². The van der Waals surface area contributed by atoms with Crippen LogP contribution >= 0.6 is 11.8 Å². The molecule has 0 atom stereocenters. The smallest absolute Gasteiger partial charge is 0.316 e. The summed E-state index contributed by atoms with van der Waals surface area (Å²) in [4.78, 5) is 28.5. The lowest BCUT2D eigenvalue weighted by Crippen LogP contribution is -2.22. The lowest BCUT2D eigenvalue weighted by molar-refractivity contribution is -0.144. The number of ether oxygens (including phenoxy) is 2. The largest absolute Gasteiger partial charge is 0.495 e. The highest BCUT2D eigenvalue weighted by Crippen LogP contribution is 2.31. The highest BCUT2D eigenvalue weighted by molar-refractivity contribution is 7.99. The van der Waals surface area contributed by atoms with Crippen molar-refractivity contribution < 1.29 is 23.5 Å². The van der Waals surface area contributed by atoms with Gasteiger partial charge in [0.25, 0.3) is 11.1 Å². The maximum atomic E-state index is 12.3. The summed E-state index contributed by atoms with van der Waals surface area (Å²) in [6, 6.07) is 13.0. The lowest BCUT2D eigenvalue weighted by Gasteiger charge is -2.21. The normalized spacial score (nSPS) is 11.3. The van der Waals surface area contributed by atoms with Gasteiger partial charge in [0.05, 0.1) is 12.8 Å². The van der Waals surface area contributed by atoms with E-state index in [1.54, 1.807) is 12.1 Å². The molecule has 158 valence electrons. The molecular formula is C22H24N2O5S. The van der Waals surface area contributed by atoms with Crippen LogP contribution in [-0.2, 0) is 19.7 Å². The summed E-state index contributed by atoms with van der Waals surface area (Å²) in [5, 5.41) is 3.12. The number of nitrogens with one attached hydrogen (secondary N) is 1. The molecule has 0 saturated heterocycles. The first-order chi connectivity index (χ1) is 14.3. The second-order valence-electron chi connectivity index (χ2n) is 7.61. The standard InChI is InChI=1S/C22H24N2O5S/c1-22(2,3)14-9-10-17(27-4)16(11-14)23-19(25)12-28-20(26)13-30-21-24-15-7-5-6-8-18(15)29-21/h5-11H,12-13H2,1-4H3,(H,23,25). The molecule has 0 fully saturated rings. The number of anilines is 1. The number of esters is 1. The van der Waals surface area contributed by atoms with E-state index in [1.165, 1.54) is 7.11 Å². The van der Waals surface area contributed by atoms with Gasteiger partial charge in [0.2, 0.25) is 0 Å². The predicted octanol–water partition coefficient (Wildman–Crippen LogP) is 4.41. The van der Waals surface area contributed by atoms with Crippen LogP contribution in [0.25, 0.3) is 11.1 Å². The third kappa shape index (κ3) is 5.54. The molecule has 7 nitrogen and oxygen atoms in total. The topological polar surface area (TPSA) is 90.7 Å². The van der Waals surface area contributed by atoms with Gasteiger partial charge >= 0.3 is 5.97 Å². The molecular weight excluding hydrogens is 404 g/mol. The molecule has 30 heavy (non-hydrogen) atoms. The van der Waals surface area contributed by atoms with Gasteiger partial charge in [-0.2, -0.15) is 0 Å². The average Bonchev–Trinajstić information content (AvgIpc) is 3.13. The molecule has 1 amide bonds. The van der Waals surface area contributed by atoms with Crippen LogP contribution in [0.5, 0.6) is 5.75 Å². The summed E-state index contributed by atoms with van der Waals surface area (Å²) < 4.78 is 15.9. The summed E-state index contributed by atoms with van der Waals surface area (Å²) in [5.41, 5.74) is 2.87. The molecule has 0 spiro atoms. The molecule has 0 saturated carbocycles. The second-order valence-corrected chi connectivity index (χ2v) is 8.54. The fraction of sp³-hybridized carbons (Fsp3) is 0.318. The lowest BCUT2D eigenvalue weighted by atomic mass is 9.87. The zero-order valence-corrected chi connectivity index (χ0v) is 18.2. The maximum absolute atomic E-state index is 12.3. The molecule has 0 aliphatic carbocycles. The minimum Gasteiger partial charge on any atom is -0.495 e. The van der Waals surface area contributed by atoms with E-state index in [1.807, 2.05) is 30.3 Å². The highest BCUT2D eigenvalue weighted by Gasteiger charge is 2.18. The number of thioether (sulfide) groups is 1. The number of hydrogen-bond acceptors (Lipinski definition) is 7. The summed E-state index contributed by atoms with van der Waals surface area (Å²) in [7, 11) is 1.53. The van der Waals surface area contributed by atoms with Gasteiger partial charge in [0.1, 0.15) is 17.0 Å². The number of carbonyl (C=O) groups is 2. The number of rotatable bonds is 7. The number of hydrogen-bond donors (Lipinski definition) is 1. The van der Waals surface area contributed by atoms with E-state index in [0.29, 0.717) is 22.2 Å². The van der Waals surface area contributed by atoms with Crippen LogP contribution in [0.15, 0.2) is 52.1 Å². The van der Waals surface area contributed by atoms with Gasteiger partial charge in [-0.15, -0.1) is 0 Å². The first-order valence-electron chi connectivity index (χ1n) is 9.38. The molecule has 1 aromatic heterocycles. The van der Waals surface area contributed by atoms with E-state index >= 15 is 0 Å². The van der Waals surface area contributed by atoms with Gasteiger partial charge in [-0.3, -0.25) is 9.59 Å². The third-order valence-corrected chi connectivity index (χ3v) is 5.09. The van der Waals surface area contributed by atoms with Gasteiger partial charge in [-0.25, -0.2) is 4.98 Å². The third-order valence-electron chi connectivity index (χ3n) is 4.29. The van der Waals surface area contributed by atoms with Gasteiger partial charge in [0.15, 0.2) is 12.2 Å². The number of amides is 1. The Labute approximate surface area is 179 Å². The quantitative estimate of drug-likeness (QED) is 0.440. The average molecular weight is 429 g/mol. The fourth-order valence-corrected chi connectivity index (χ4v) is 3.32.